The van der Waals surface area contributed by atoms with Gasteiger partial charge in [-0.2, -0.15) is 0 Å². The predicted octanol–water partition coefficient (Wildman–Crippen LogP) is 5.51. The maximum Gasteiger partial charge on any atom is 0.305 e. The van der Waals surface area contributed by atoms with E-state index in [1.807, 2.05) is 0 Å². The molecule has 0 amide bonds. The third-order valence-corrected chi connectivity index (χ3v) is 9.84. The van der Waals surface area contributed by atoms with E-state index in [9.17, 15) is 14.0 Å². The summed E-state index contributed by atoms with van der Waals surface area (Å²) in [5.41, 5.74) is 0.390. The molecule has 4 heteroatoms. The SMILES string of the molecule is COC(=O)CCCC1CCC2C3CCC4CC(=O)C(F)CC4(C)C3CCC12C. The highest BCUT2D eigenvalue weighted by atomic mass is 19.1. The van der Waals surface area contributed by atoms with Gasteiger partial charge < -0.3 is 4.74 Å². The average molecular weight is 393 g/mol. The van der Waals surface area contributed by atoms with E-state index in [4.69, 9.17) is 4.74 Å². The first-order valence-electron chi connectivity index (χ1n) is 11.5. The number of carbonyl (C=O) groups excluding carboxylic acids is 2. The number of ether oxygens (including phenoxy) is 1. The van der Waals surface area contributed by atoms with E-state index in [1.165, 1.54) is 39.2 Å². The highest BCUT2D eigenvalue weighted by Crippen LogP contribution is 2.67. The van der Waals surface area contributed by atoms with Crippen LogP contribution in [0.15, 0.2) is 0 Å². The van der Waals surface area contributed by atoms with Gasteiger partial charge in [0.25, 0.3) is 0 Å². The number of carbonyl (C=O) groups is 2. The van der Waals surface area contributed by atoms with E-state index in [1.54, 1.807) is 0 Å². The molecule has 0 N–H and O–H groups in total. The van der Waals surface area contributed by atoms with Gasteiger partial charge in [0.15, 0.2) is 12.0 Å². The summed E-state index contributed by atoms with van der Waals surface area (Å²) in [7, 11) is 1.47. The molecule has 28 heavy (non-hydrogen) atoms. The molecular formula is C24H37FO3. The summed E-state index contributed by atoms with van der Waals surface area (Å²) in [6.07, 6.45) is 9.61. The normalized spacial score (nSPS) is 47.8. The fourth-order valence-electron chi connectivity index (χ4n) is 8.24. The summed E-state index contributed by atoms with van der Waals surface area (Å²) in [5.74, 6) is 2.89. The first-order valence-corrected chi connectivity index (χ1v) is 11.5. The van der Waals surface area contributed by atoms with Crippen molar-refractivity contribution in [1.29, 1.82) is 0 Å². The molecule has 8 unspecified atom stereocenters. The molecular weight excluding hydrogens is 355 g/mol. The van der Waals surface area contributed by atoms with Crippen molar-refractivity contribution >= 4 is 11.8 Å². The number of fused-ring (bicyclic) bond motifs is 5. The van der Waals surface area contributed by atoms with Crippen LogP contribution < -0.4 is 0 Å². The van der Waals surface area contributed by atoms with Gasteiger partial charge >= 0.3 is 5.97 Å². The molecule has 0 bridgehead atoms. The molecule has 158 valence electrons. The molecule has 0 spiro atoms. The van der Waals surface area contributed by atoms with Crippen LogP contribution in [-0.2, 0) is 14.3 Å². The largest absolute Gasteiger partial charge is 0.469 e. The fourth-order valence-corrected chi connectivity index (χ4v) is 8.24. The van der Waals surface area contributed by atoms with Gasteiger partial charge in [-0.25, -0.2) is 4.39 Å². The first kappa shape index (κ1) is 20.3. The summed E-state index contributed by atoms with van der Waals surface area (Å²) in [6.45, 7) is 4.80. The van der Waals surface area contributed by atoms with Crippen LogP contribution >= 0.6 is 0 Å². The second-order valence-electron chi connectivity index (χ2n) is 10.8. The molecule has 0 aromatic heterocycles. The Bertz CT molecular complexity index is 633. The van der Waals surface area contributed by atoms with Crippen molar-refractivity contribution in [1.82, 2.24) is 0 Å². The van der Waals surface area contributed by atoms with E-state index in [2.05, 4.69) is 13.8 Å². The monoisotopic (exact) mass is 392 g/mol. The van der Waals surface area contributed by atoms with Crippen molar-refractivity contribution in [2.45, 2.75) is 90.6 Å². The summed E-state index contributed by atoms with van der Waals surface area (Å²) >= 11 is 0. The number of ketones is 1. The van der Waals surface area contributed by atoms with E-state index in [0.717, 1.165) is 25.2 Å². The molecule has 4 aliphatic rings. The molecule has 4 fully saturated rings. The predicted molar refractivity (Wildman–Crippen MR) is 106 cm³/mol. The van der Waals surface area contributed by atoms with Gasteiger partial charge in [-0.1, -0.05) is 13.8 Å². The van der Waals surface area contributed by atoms with Crippen LogP contribution in [-0.4, -0.2) is 25.0 Å². The molecule has 0 saturated heterocycles. The third-order valence-electron chi connectivity index (χ3n) is 9.84. The number of methoxy groups -OCH3 is 1. The van der Waals surface area contributed by atoms with Gasteiger partial charge in [-0.15, -0.1) is 0 Å². The van der Waals surface area contributed by atoms with E-state index >= 15 is 0 Å². The summed E-state index contributed by atoms with van der Waals surface area (Å²) in [6, 6.07) is 0. The molecule has 0 heterocycles. The first-order chi connectivity index (χ1) is 13.3. The maximum atomic E-state index is 14.4. The Labute approximate surface area is 169 Å². The molecule has 0 aliphatic heterocycles. The summed E-state index contributed by atoms with van der Waals surface area (Å²) < 4.78 is 19.2. The van der Waals surface area contributed by atoms with Crippen molar-refractivity contribution in [3.63, 3.8) is 0 Å². The Balaban J connectivity index is 1.47. The van der Waals surface area contributed by atoms with Crippen molar-refractivity contribution in [3.8, 4) is 0 Å². The standard InChI is InChI=1S/C24H37FO3/c1-23-12-11-19-17(9-7-16-13-21(26)20(25)14-24(16,19)2)18(23)10-8-15(23)5-4-6-22(27)28-3/h15-20H,4-14H2,1-3H3. The minimum absolute atomic E-state index is 0.0144. The number of halogens is 1. The van der Waals surface area contributed by atoms with Crippen molar-refractivity contribution in [2.75, 3.05) is 7.11 Å². The van der Waals surface area contributed by atoms with E-state index < -0.39 is 6.17 Å². The van der Waals surface area contributed by atoms with Gasteiger partial charge in [-0.05, 0) is 98.2 Å². The minimum Gasteiger partial charge on any atom is -0.469 e. The lowest BCUT2D eigenvalue weighted by Crippen LogP contribution is -2.55. The Morgan fingerprint density at radius 3 is 2.61 bits per heavy atom. The van der Waals surface area contributed by atoms with Crippen LogP contribution in [0.2, 0.25) is 0 Å². The number of esters is 1. The van der Waals surface area contributed by atoms with Crippen molar-refractivity contribution < 1.29 is 18.7 Å². The van der Waals surface area contributed by atoms with Crippen LogP contribution in [0.1, 0.15) is 84.5 Å². The topological polar surface area (TPSA) is 43.4 Å². The zero-order valence-corrected chi connectivity index (χ0v) is 17.8. The number of hydrogen-bond acceptors (Lipinski definition) is 3. The van der Waals surface area contributed by atoms with Crippen LogP contribution in [0.5, 0.6) is 0 Å². The Morgan fingerprint density at radius 2 is 1.86 bits per heavy atom. The highest BCUT2D eigenvalue weighted by molar-refractivity contribution is 5.84. The molecule has 4 aliphatic carbocycles. The van der Waals surface area contributed by atoms with Gasteiger partial charge in [-0.3, -0.25) is 9.59 Å². The molecule has 3 nitrogen and oxygen atoms in total. The maximum absolute atomic E-state index is 14.4. The Kier molecular flexibility index (Phi) is 5.37. The van der Waals surface area contributed by atoms with Gasteiger partial charge in [0.2, 0.25) is 0 Å². The van der Waals surface area contributed by atoms with Crippen LogP contribution in [0.25, 0.3) is 0 Å². The Morgan fingerprint density at radius 1 is 1.11 bits per heavy atom. The number of Topliss-reactive ketones (excluding diaryl/α,β-unsaturated/α-hetero) is 1. The molecule has 0 radical (unpaired) electrons. The highest BCUT2D eigenvalue weighted by Gasteiger charge is 2.60. The van der Waals surface area contributed by atoms with Gasteiger partial charge in [0.1, 0.15) is 0 Å². The smallest absolute Gasteiger partial charge is 0.305 e. The van der Waals surface area contributed by atoms with Crippen molar-refractivity contribution in [3.05, 3.63) is 0 Å². The van der Waals surface area contributed by atoms with Crippen LogP contribution in [0, 0.1) is 40.4 Å². The summed E-state index contributed by atoms with van der Waals surface area (Å²) in [4.78, 5) is 23.5. The Hall–Kier alpha value is -0.930. The fraction of sp³-hybridized carbons (Fsp3) is 0.917. The second-order valence-corrected chi connectivity index (χ2v) is 10.8. The van der Waals surface area contributed by atoms with Gasteiger partial charge in [0.05, 0.1) is 7.11 Å². The summed E-state index contributed by atoms with van der Waals surface area (Å²) in [5, 5.41) is 0. The molecule has 0 aromatic carbocycles. The zero-order valence-electron chi connectivity index (χ0n) is 17.8. The molecule has 4 saturated carbocycles. The third kappa shape index (κ3) is 3.13. The van der Waals surface area contributed by atoms with E-state index in [0.29, 0.717) is 48.3 Å². The molecule has 4 rings (SSSR count). The van der Waals surface area contributed by atoms with Crippen LogP contribution in [0.3, 0.4) is 0 Å². The molecule has 0 aromatic rings. The quantitative estimate of drug-likeness (QED) is 0.593. The number of hydrogen-bond donors (Lipinski definition) is 0. The molecule has 8 atom stereocenters. The van der Waals surface area contributed by atoms with E-state index in [-0.39, 0.29) is 17.2 Å². The lowest BCUT2D eigenvalue weighted by atomic mass is 9.44. The lowest BCUT2D eigenvalue weighted by molar-refractivity contribution is -0.149. The van der Waals surface area contributed by atoms with Crippen LogP contribution in [0.4, 0.5) is 4.39 Å². The lowest BCUT2D eigenvalue weighted by Gasteiger charge is -2.60. The zero-order chi connectivity index (χ0) is 20.1. The number of rotatable bonds is 4. The van der Waals surface area contributed by atoms with Crippen molar-refractivity contribution in [2.24, 2.45) is 40.4 Å². The minimum atomic E-state index is -1.23. The average Bonchev–Trinajstić information content (AvgIpc) is 2.99. The van der Waals surface area contributed by atoms with Gasteiger partial charge in [0, 0.05) is 12.8 Å². The number of alkyl halides is 1. The second kappa shape index (κ2) is 7.40.